The predicted octanol–water partition coefficient (Wildman–Crippen LogP) is 2.71. The Labute approximate surface area is 97.0 Å². The maximum absolute atomic E-state index is 11.9. The number of hydrogen-bond acceptors (Lipinski definition) is 3. The van der Waals surface area contributed by atoms with Gasteiger partial charge in [-0.1, -0.05) is 12.1 Å². The summed E-state index contributed by atoms with van der Waals surface area (Å²) in [5.74, 6) is -0.295. The molecule has 0 bridgehead atoms. The van der Waals surface area contributed by atoms with Gasteiger partial charge in [-0.2, -0.15) is 5.26 Å². The number of halogens is 3. The molecular weight excluding hydrogens is 233 g/mol. The van der Waals surface area contributed by atoms with Crippen LogP contribution in [0.2, 0.25) is 0 Å². The molecule has 1 rings (SSSR count). The number of nitriles is 1. The fourth-order valence-electron chi connectivity index (χ4n) is 1.34. The minimum absolute atomic E-state index is 0.295. The van der Waals surface area contributed by atoms with Gasteiger partial charge >= 0.3 is 6.36 Å². The molecule has 0 saturated carbocycles. The Balaban J connectivity index is 2.85. The van der Waals surface area contributed by atoms with Crippen LogP contribution < -0.4 is 4.74 Å². The van der Waals surface area contributed by atoms with E-state index in [2.05, 4.69) is 4.74 Å². The van der Waals surface area contributed by atoms with E-state index in [1.165, 1.54) is 24.3 Å². The molecular formula is C11H11F3N2O. The summed E-state index contributed by atoms with van der Waals surface area (Å²) in [5.41, 5.74) is 0.618. The lowest BCUT2D eigenvalue weighted by Gasteiger charge is -2.17. The lowest BCUT2D eigenvalue weighted by molar-refractivity contribution is -0.274. The summed E-state index contributed by atoms with van der Waals surface area (Å²) < 4.78 is 39.5. The van der Waals surface area contributed by atoms with Gasteiger partial charge in [-0.3, -0.25) is 4.90 Å². The molecule has 1 aromatic rings. The van der Waals surface area contributed by atoms with Crippen molar-refractivity contribution in [2.75, 3.05) is 14.1 Å². The molecule has 1 aromatic carbocycles. The van der Waals surface area contributed by atoms with Gasteiger partial charge < -0.3 is 4.74 Å². The van der Waals surface area contributed by atoms with Crippen LogP contribution in [0, 0.1) is 11.3 Å². The molecule has 0 N–H and O–H groups in total. The number of nitrogens with zero attached hydrogens (tertiary/aromatic N) is 2. The molecule has 0 fully saturated rings. The molecule has 0 radical (unpaired) electrons. The molecule has 0 heterocycles. The highest BCUT2D eigenvalue weighted by molar-refractivity contribution is 5.31. The van der Waals surface area contributed by atoms with Crippen LogP contribution >= 0.6 is 0 Å². The topological polar surface area (TPSA) is 36.3 Å². The predicted molar refractivity (Wildman–Crippen MR) is 55.2 cm³/mol. The first-order valence-electron chi connectivity index (χ1n) is 4.75. The van der Waals surface area contributed by atoms with E-state index in [1.807, 2.05) is 6.07 Å². The first kappa shape index (κ1) is 13.3. The molecule has 0 aliphatic carbocycles. The quantitative estimate of drug-likeness (QED) is 0.820. The standard InChI is InChI=1S/C11H11F3N2O/c1-16(2)10(7-15)8-3-5-9(6-4-8)17-11(12,13)14/h3-6,10H,1-2H3/t10-/m0/s1. The Bertz CT molecular complexity index is 406. The highest BCUT2D eigenvalue weighted by Gasteiger charge is 2.31. The van der Waals surface area contributed by atoms with Gasteiger partial charge in [0.05, 0.1) is 6.07 Å². The zero-order chi connectivity index (χ0) is 13.1. The van der Waals surface area contributed by atoms with E-state index >= 15 is 0 Å². The second-order valence-electron chi connectivity index (χ2n) is 3.61. The van der Waals surface area contributed by atoms with Gasteiger partial charge in [-0.15, -0.1) is 13.2 Å². The summed E-state index contributed by atoms with van der Waals surface area (Å²) in [6, 6.07) is 6.82. The smallest absolute Gasteiger partial charge is 0.406 e. The maximum atomic E-state index is 11.9. The Morgan fingerprint density at radius 2 is 1.76 bits per heavy atom. The molecule has 0 spiro atoms. The largest absolute Gasteiger partial charge is 0.573 e. The number of hydrogen-bond donors (Lipinski definition) is 0. The van der Waals surface area contributed by atoms with Crippen molar-refractivity contribution < 1.29 is 17.9 Å². The zero-order valence-corrected chi connectivity index (χ0v) is 9.32. The Morgan fingerprint density at radius 3 is 2.12 bits per heavy atom. The van der Waals surface area contributed by atoms with E-state index in [0.717, 1.165) is 0 Å². The third kappa shape index (κ3) is 3.96. The summed E-state index contributed by atoms with van der Waals surface area (Å²) in [6.45, 7) is 0. The molecule has 0 amide bonds. The van der Waals surface area contributed by atoms with Crippen molar-refractivity contribution in [2.24, 2.45) is 0 Å². The Morgan fingerprint density at radius 1 is 1.24 bits per heavy atom. The average molecular weight is 244 g/mol. The molecule has 3 nitrogen and oxygen atoms in total. The van der Waals surface area contributed by atoms with Gasteiger partial charge in [0.25, 0.3) is 0 Å². The maximum Gasteiger partial charge on any atom is 0.573 e. The minimum atomic E-state index is -4.70. The summed E-state index contributed by atoms with van der Waals surface area (Å²) >= 11 is 0. The normalized spacial score (nSPS) is 13.2. The number of benzene rings is 1. The van der Waals surface area contributed by atoms with Gasteiger partial charge in [0.1, 0.15) is 11.8 Å². The van der Waals surface area contributed by atoms with Crippen LogP contribution in [0.5, 0.6) is 5.75 Å². The van der Waals surface area contributed by atoms with Crippen LogP contribution in [-0.4, -0.2) is 25.4 Å². The van der Waals surface area contributed by atoms with Crippen LogP contribution in [0.25, 0.3) is 0 Å². The van der Waals surface area contributed by atoms with E-state index < -0.39 is 12.4 Å². The van der Waals surface area contributed by atoms with Crippen molar-refractivity contribution in [1.82, 2.24) is 4.90 Å². The second-order valence-corrected chi connectivity index (χ2v) is 3.61. The lowest BCUT2D eigenvalue weighted by Crippen LogP contribution is -2.19. The molecule has 0 aliphatic heterocycles. The molecule has 17 heavy (non-hydrogen) atoms. The van der Waals surface area contributed by atoms with Gasteiger partial charge in [0, 0.05) is 0 Å². The molecule has 6 heteroatoms. The second kappa shape index (κ2) is 5.06. The lowest BCUT2D eigenvalue weighted by atomic mass is 10.1. The SMILES string of the molecule is CN(C)[C@@H](C#N)c1ccc(OC(F)(F)F)cc1. The van der Waals surface area contributed by atoms with Crippen molar-refractivity contribution >= 4 is 0 Å². The highest BCUT2D eigenvalue weighted by Crippen LogP contribution is 2.25. The molecule has 92 valence electrons. The molecule has 0 aromatic heterocycles. The monoisotopic (exact) mass is 244 g/mol. The first-order valence-corrected chi connectivity index (χ1v) is 4.75. The van der Waals surface area contributed by atoms with Crippen molar-refractivity contribution in [1.29, 1.82) is 5.26 Å². The minimum Gasteiger partial charge on any atom is -0.406 e. The van der Waals surface area contributed by atoms with Crippen molar-refractivity contribution in [3.8, 4) is 11.8 Å². The highest BCUT2D eigenvalue weighted by atomic mass is 19.4. The van der Waals surface area contributed by atoms with E-state index in [9.17, 15) is 13.2 Å². The van der Waals surface area contributed by atoms with Crippen molar-refractivity contribution in [3.05, 3.63) is 29.8 Å². The van der Waals surface area contributed by atoms with E-state index in [-0.39, 0.29) is 5.75 Å². The zero-order valence-electron chi connectivity index (χ0n) is 9.32. The fourth-order valence-corrected chi connectivity index (χ4v) is 1.34. The summed E-state index contributed by atoms with van der Waals surface area (Å²) in [7, 11) is 3.43. The van der Waals surface area contributed by atoms with E-state index in [4.69, 9.17) is 5.26 Å². The van der Waals surface area contributed by atoms with Crippen LogP contribution in [-0.2, 0) is 0 Å². The van der Waals surface area contributed by atoms with Crippen molar-refractivity contribution in [2.45, 2.75) is 12.4 Å². The summed E-state index contributed by atoms with van der Waals surface area (Å²) in [5, 5.41) is 8.90. The van der Waals surface area contributed by atoms with Gasteiger partial charge in [0.15, 0.2) is 0 Å². The van der Waals surface area contributed by atoms with Gasteiger partial charge in [-0.05, 0) is 31.8 Å². The Kier molecular flexibility index (Phi) is 3.97. The fraction of sp³-hybridized carbons (Fsp3) is 0.364. The summed E-state index contributed by atoms with van der Waals surface area (Å²) in [4.78, 5) is 1.67. The van der Waals surface area contributed by atoms with E-state index in [1.54, 1.807) is 19.0 Å². The molecule has 0 unspecified atom stereocenters. The number of rotatable bonds is 3. The number of ether oxygens (including phenoxy) is 1. The van der Waals surface area contributed by atoms with Crippen LogP contribution in [0.3, 0.4) is 0 Å². The Hall–Kier alpha value is -1.74. The van der Waals surface area contributed by atoms with E-state index in [0.29, 0.717) is 5.56 Å². The average Bonchev–Trinajstić information content (AvgIpc) is 2.18. The molecule has 1 atom stereocenters. The third-order valence-corrected chi connectivity index (χ3v) is 2.07. The molecule has 0 saturated heterocycles. The van der Waals surface area contributed by atoms with Crippen LogP contribution in [0.1, 0.15) is 11.6 Å². The molecule has 0 aliphatic rings. The summed E-state index contributed by atoms with van der Waals surface area (Å²) in [6.07, 6.45) is -4.70. The number of alkyl halides is 3. The third-order valence-electron chi connectivity index (χ3n) is 2.07. The first-order chi connectivity index (χ1) is 7.83. The van der Waals surface area contributed by atoms with Gasteiger partial charge in [0.2, 0.25) is 0 Å². The van der Waals surface area contributed by atoms with Crippen LogP contribution in [0.4, 0.5) is 13.2 Å². The van der Waals surface area contributed by atoms with Crippen molar-refractivity contribution in [3.63, 3.8) is 0 Å². The van der Waals surface area contributed by atoms with Gasteiger partial charge in [-0.25, -0.2) is 0 Å². The van der Waals surface area contributed by atoms with Crippen LogP contribution in [0.15, 0.2) is 24.3 Å².